The van der Waals surface area contributed by atoms with E-state index in [2.05, 4.69) is 114 Å². The zero-order valence-corrected chi connectivity index (χ0v) is 73.3. The van der Waals surface area contributed by atoms with Crippen molar-refractivity contribution in [3.8, 4) is 28.8 Å². The number of aromatic amines is 4. The minimum Gasteiger partial charge on any atom is -0.384 e. The number of H-pyrrole nitrogens is 4. The molecule has 0 unspecified atom stereocenters. The number of hydrogen-bond donors (Lipinski definition) is 4. The number of methoxy groups -OCH3 is 1. The molecule has 0 atom stereocenters. The lowest BCUT2D eigenvalue weighted by Crippen LogP contribution is -2.27. The van der Waals surface area contributed by atoms with Crippen LogP contribution in [0.3, 0.4) is 0 Å². The fraction of sp³-hybridized carbons (Fsp3) is 0.384. The first kappa shape index (κ1) is 86.1. The first-order valence-electron chi connectivity index (χ1n) is 44.9. The van der Waals surface area contributed by atoms with Gasteiger partial charge in [0.1, 0.15) is 33.1 Å². The van der Waals surface area contributed by atoms with Gasteiger partial charge in [0.2, 0.25) is 10.0 Å². The third-order valence-corrected chi connectivity index (χ3v) is 30.6. The van der Waals surface area contributed by atoms with Gasteiger partial charge in [0.25, 0.3) is 0 Å². The Morgan fingerprint density at radius 1 is 0.414 bits per heavy atom. The van der Waals surface area contributed by atoms with Gasteiger partial charge in [0.05, 0.1) is 98.9 Å². The van der Waals surface area contributed by atoms with E-state index < -0.39 is 19.9 Å². The molecule has 0 radical (unpaired) electrons. The maximum absolute atomic E-state index is 13.8. The zero-order chi connectivity index (χ0) is 87.6. The van der Waals surface area contributed by atoms with Crippen LogP contribution in [0.1, 0.15) is 159 Å². The average Bonchev–Trinajstić information content (AvgIpc) is 1.59. The van der Waals surface area contributed by atoms with Crippen molar-refractivity contribution in [3.63, 3.8) is 0 Å². The molecule has 8 aromatic heterocycles. The number of sulfonamides is 1. The predicted molar refractivity (Wildman–Crippen MR) is 490 cm³/mol. The molecule has 0 saturated carbocycles. The highest BCUT2D eigenvalue weighted by molar-refractivity contribution is 7.91. The van der Waals surface area contributed by atoms with Crippen LogP contribution in [-0.4, -0.2) is 177 Å². The van der Waals surface area contributed by atoms with Crippen molar-refractivity contribution in [2.75, 3.05) is 96.9 Å². The molecule has 16 aromatic rings. The zero-order valence-electron chi connectivity index (χ0n) is 71.7. The Labute approximate surface area is 739 Å². The smallest absolute Gasteiger partial charge is 0.214 e. The summed E-state index contributed by atoms with van der Waals surface area (Å²) in [7, 11) is -4.29. The molecule has 0 spiro atoms. The van der Waals surface area contributed by atoms with Gasteiger partial charge in [0, 0.05) is 192 Å². The molecule has 6 aliphatic heterocycles. The van der Waals surface area contributed by atoms with Crippen molar-refractivity contribution >= 4 is 107 Å². The highest BCUT2D eigenvalue weighted by Crippen LogP contribution is 2.47. The Morgan fingerprint density at radius 2 is 0.727 bits per heavy atom. The monoisotopic (exact) mass is 1770 g/mol. The van der Waals surface area contributed by atoms with Crippen LogP contribution in [0, 0.1) is 40.5 Å². The van der Waals surface area contributed by atoms with Crippen LogP contribution < -0.4 is 0 Å². The van der Waals surface area contributed by atoms with E-state index in [9.17, 15) is 34.4 Å². The number of aryl methyl sites for hydroxylation is 2. The summed E-state index contributed by atoms with van der Waals surface area (Å²) in [5, 5.41) is 47.1. The number of unbranched alkanes of at least 4 members (excludes halogenated alkanes) is 1. The highest BCUT2D eigenvalue weighted by atomic mass is 32.2. The van der Waals surface area contributed by atoms with Crippen LogP contribution in [0.2, 0.25) is 0 Å². The Bertz CT molecular complexity index is 6930. The summed E-state index contributed by atoms with van der Waals surface area (Å²) in [6.07, 6.45) is 22.4. The molecular weight excluding hydrogens is 1670 g/mol. The summed E-state index contributed by atoms with van der Waals surface area (Å²) in [5.41, 5.74) is 22.3. The summed E-state index contributed by atoms with van der Waals surface area (Å²) in [6, 6.07) is 46.5. The van der Waals surface area contributed by atoms with Gasteiger partial charge in [-0.05, 0) is 283 Å². The molecule has 0 bridgehead atoms. The van der Waals surface area contributed by atoms with Gasteiger partial charge in [-0.2, -0.15) is 25.7 Å². The fourth-order valence-corrected chi connectivity index (χ4v) is 23.8. The van der Waals surface area contributed by atoms with Crippen molar-refractivity contribution in [1.29, 1.82) is 5.26 Å². The number of halogens is 4. The van der Waals surface area contributed by atoms with E-state index in [1.165, 1.54) is 104 Å². The Balaban J connectivity index is 0.000000111. The molecule has 23 nitrogen and oxygen atoms in total. The average molecular weight is 1770 g/mol. The first-order chi connectivity index (χ1) is 62.5. The lowest BCUT2D eigenvalue weighted by Gasteiger charge is -2.27. The lowest BCUT2D eigenvalue weighted by atomic mass is 9.87. The molecule has 29 heteroatoms. The van der Waals surface area contributed by atoms with E-state index >= 15 is 0 Å². The molecule has 6 fully saturated rings. The van der Waals surface area contributed by atoms with E-state index in [1.54, 1.807) is 11.4 Å². The maximum atomic E-state index is 13.8. The summed E-state index contributed by atoms with van der Waals surface area (Å²) < 4.78 is 143. The van der Waals surface area contributed by atoms with Crippen molar-refractivity contribution in [1.82, 2.24) is 63.4 Å². The van der Waals surface area contributed by atoms with Crippen molar-refractivity contribution in [3.05, 3.63) is 239 Å². The second kappa shape index (κ2) is 37.8. The van der Waals surface area contributed by atoms with E-state index in [-0.39, 0.29) is 40.5 Å². The fourth-order valence-electron chi connectivity index (χ4n) is 20.7. The normalized spacial score (nSPS) is 17.6. The second-order valence-electron chi connectivity index (χ2n) is 34.8. The first-order valence-corrected chi connectivity index (χ1v) is 48.3. The van der Waals surface area contributed by atoms with Crippen LogP contribution in [0.15, 0.2) is 170 Å². The molecule has 664 valence electrons. The quantitative estimate of drug-likeness (QED) is 0.0408. The predicted octanol–water partition coefficient (Wildman–Crippen LogP) is 19.5. The summed E-state index contributed by atoms with van der Waals surface area (Å²) in [5.74, 6) is 1.52. The lowest BCUT2D eigenvalue weighted by molar-refractivity contribution is 0.0839. The number of aromatic nitrogens is 12. The van der Waals surface area contributed by atoms with Crippen LogP contribution in [-0.2, 0) is 69.2 Å². The topological polar surface area (TPSA) is 276 Å². The number of fused-ring (bicyclic) bond motifs is 8. The molecule has 22 rings (SSSR count). The van der Waals surface area contributed by atoms with E-state index in [1.807, 2.05) is 73.3 Å². The molecule has 8 aromatic carbocycles. The summed E-state index contributed by atoms with van der Waals surface area (Å²) >= 11 is 0. The third-order valence-electron chi connectivity index (χ3n) is 26.9. The van der Waals surface area contributed by atoms with Crippen LogP contribution in [0.25, 0.3) is 110 Å². The minimum atomic E-state index is -3.11. The van der Waals surface area contributed by atoms with Crippen molar-refractivity contribution in [2.24, 2.45) is 5.92 Å². The number of rotatable bonds is 20. The largest absolute Gasteiger partial charge is 0.384 e. The highest BCUT2D eigenvalue weighted by Gasteiger charge is 2.36. The minimum absolute atomic E-state index is 0.227. The number of benzene rings is 8. The third kappa shape index (κ3) is 17.8. The van der Waals surface area contributed by atoms with Gasteiger partial charge in [0.15, 0.2) is 0 Å². The van der Waals surface area contributed by atoms with E-state index in [0.29, 0.717) is 88.2 Å². The van der Waals surface area contributed by atoms with Gasteiger partial charge in [-0.15, -0.1) is 0 Å². The van der Waals surface area contributed by atoms with Crippen molar-refractivity contribution in [2.45, 2.75) is 139 Å². The number of nitrogens with zero attached hydrogens (tertiary/aromatic N) is 10. The SMILES string of the molecule is COCCc1c(C2CCOCC2)n(-c2ccc(F)cc2)c2cc3cn[nH]c3cc12.N#CCCCc1c(C2CCOCC2)n(-c2ccc(F)cc2)c2cc3cn[nH]c3cc12.O=S1(=O)CCC(Cc2c(C3CCOCC3)n(-c3ccc(F)cc3)c3cc4cn[nH]c4cc23)CC1.O=S1(=O)CCCN1CCCc1c(C2CCOCC2)n(-c2ccc(F)cc2)c2cc3cn[nH]c3cc12. The Kier molecular flexibility index (Phi) is 25.4. The molecule has 14 heterocycles. The Hall–Kier alpha value is -11.3. The Morgan fingerprint density at radius 3 is 1.04 bits per heavy atom. The summed E-state index contributed by atoms with van der Waals surface area (Å²) in [6.45, 7) is 7.70. The van der Waals surface area contributed by atoms with Crippen LogP contribution in [0.4, 0.5) is 17.6 Å². The molecule has 128 heavy (non-hydrogen) atoms. The van der Waals surface area contributed by atoms with Crippen LogP contribution >= 0.6 is 0 Å². The number of hydrogen-bond acceptors (Lipinski definition) is 14. The number of ether oxygens (including phenoxy) is 5. The number of nitriles is 1. The summed E-state index contributed by atoms with van der Waals surface area (Å²) in [4.78, 5) is 0. The number of nitrogens with one attached hydrogen (secondary N) is 4. The number of sulfone groups is 1. The van der Waals surface area contributed by atoms with Gasteiger partial charge in [-0.3, -0.25) is 20.4 Å². The van der Waals surface area contributed by atoms with Crippen LogP contribution in [0.5, 0.6) is 0 Å². The second-order valence-corrected chi connectivity index (χ2v) is 39.2. The van der Waals surface area contributed by atoms with E-state index in [0.717, 1.165) is 229 Å². The van der Waals surface area contributed by atoms with Gasteiger partial charge >= 0.3 is 0 Å². The molecular formula is C99H104F4N14O9S2. The molecule has 6 saturated heterocycles. The van der Waals surface area contributed by atoms with Gasteiger partial charge in [-0.25, -0.2) is 38.7 Å². The maximum Gasteiger partial charge on any atom is 0.214 e. The van der Waals surface area contributed by atoms with Gasteiger partial charge < -0.3 is 42.0 Å². The van der Waals surface area contributed by atoms with Gasteiger partial charge in [-0.1, -0.05) is 0 Å². The van der Waals surface area contributed by atoms with Crippen molar-refractivity contribution < 1.29 is 58.1 Å². The van der Waals surface area contributed by atoms with E-state index in [4.69, 9.17) is 28.9 Å². The molecule has 0 aliphatic carbocycles. The molecule has 0 amide bonds. The molecule has 4 N–H and O–H groups in total. The molecule has 6 aliphatic rings. The standard InChI is InChI=1S/C26H29FN4O3S.C26H28FN3O3S.C24H23FN4O.C23H24FN3O2/c27-20-4-6-21(7-5-20)31-25-15-19-17-28-29-24(19)16-23(25)22(26(31)18-8-12-34-13-9-18)3-1-10-30-11-2-14-35(30,32)33;27-20-1-3-21(4-2-20)30-25-14-19-16-28-29-24(19)15-22(25)23(26(30)18-5-9-33-10-6-18)13-17-7-11-34(31,32)12-8-17;25-18-4-6-19(7-5-18)29-23-13-17-15-27-28-22(17)14-21(23)20(3-1-2-10-26)24(29)16-8-11-30-12-9-16;1-28-9-8-19-20-13-21-16(14-25-26-21)12-22(20)27(18-4-2-17(24)3-5-18)23(19)15-6-10-29-11-7-15/h4-7,15-18H,1-3,8-14H2,(H,28,29);1-4,14-18H,5-13H2,(H,28,29);4-7,13-16H,1-3,8-9,11-12H2,(H,27,28);2-5,12-15H,6-11H2,1H3,(H,25,26).